The molecule has 0 aliphatic heterocycles. The number of hydrogen-bond donors (Lipinski definition) is 1. The summed E-state index contributed by atoms with van der Waals surface area (Å²) >= 11 is 0. The average molecular weight is 321 g/mol. The third kappa shape index (κ3) is 3.17. The summed E-state index contributed by atoms with van der Waals surface area (Å²) in [7, 11) is 1.53. The van der Waals surface area contributed by atoms with Crippen molar-refractivity contribution in [2.75, 3.05) is 12.4 Å². The molecule has 6 heteroatoms. The lowest BCUT2D eigenvalue weighted by molar-refractivity contribution is 0.0944. The van der Waals surface area contributed by atoms with Crippen LogP contribution < -0.4 is 10.1 Å². The quantitative estimate of drug-likeness (QED) is 0.802. The van der Waals surface area contributed by atoms with E-state index in [9.17, 15) is 9.59 Å². The van der Waals surface area contributed by atoms with Crippen LogP contribution in [-0.4, -0.2) is 28.7 Å². The summed E-state index contributed by atoms with van der Waals surface area (Å²) in [6, 6.07) is 17.3. The number of methoxy groups -OCH3 is 1. The van der Waals surface area contributed by atoms with Gasteiger partial charge < -0.3 is 10.1 Å². The fourth-order valence-electron chi connectivity index (χ4n) is 2.21. The predicted molar refractivity (Wildman–Crippen MR) is 89.3 cm³/mol. The fourth-order valence-corrected chi connectivity index (χ4v) is 2.21. The Kier molecular flexibility index (Phi) is 4.38. The van der Waals surface area contributed by atoms with Crippen LogP contribution in [0.1, 0.15) is 20.8 Å². The van der Waals surface area contributed by atoms with Crippen molar-refractivity contribution < 1.29 is 14.3 Å². The van der Waals surface area contributed by atoms with Gasteiger partial charge in [0, 0.05) is 11.8 Å². The van der Waals surface area contributed by atoms with E-state index in [-0.39, 0.29) is 11.6 Å². The Morgan fingerprint density at radius 2 is 1.71 bits per heavy atom. The van der Waals surface area contributed by atoms with E-state index in [0.29, 0.717) is 17.0 Å². The molecule has 0 fully saturated rings. The first-order valence-corrected chi connectivity index (χ1v) is 7.29. The fraction of sp³-hybridized carbons (Fsp3) is 0.0556. The zero-order valence-corrected chi connectivity index (χ0v) is 13.0. The minimum atomic E-state index is -0.417. The first-order valence-electron chi connectivity index (χ1n) is 7.29. The van der Waals surface area contributed by atoms with Crippen molar-refractivity contribution in [3.05, 3.63) is 78.1 Å². The summed E-state index contributed by atoms with van der Waals surface area (Å²) in [5.41, 5.74) is 1.18. The van der Waals surface area contributed by atoms with Gasteiger partial charge >= 0.3 is 0 Å². The van der Waals surface area contributed by atoms with Crippen molar-refractivity contribution in [3.63, 3.8) is 0 Å². The van der Waals surface area contributed by atoms with Gasteiger partial charge in [0.1, 0.15) is 5.75 Å². The van der Waals surface area contributed by atoms with E-state index in [1.165, 1.54) is 19.4 Å². The highest BCUT2D eigenvalue weighted by Gasteiger charge is 2.15. The number of carbonyl (C=O) groups is 2. The van der Waals surface area contributed by atoms with Crippen LogP contribution in [-0.2, 0) is 0 Å². The number of benzene rings is 2. The molecule has 3 aromatic rings. The Hall–Kier alpha value is -3.41. The molecule has 0 aliphatic carbocycles. The van der Waals surface area contributed by atoms with Crippen LogP contribution in [0, 0.1) is 0 Å². The molecule has 1 heterocycles. The molecule has 0 saturated heterocycles. The molecule has 1 amide bonds. The number of aromatic nitrogens is 2. The standard InChI is InChI=1S/C18H15N3O3/c1-24-16-10-6-5-9-14(16)19-17(22)15-11-12-21(20-15)18(23)13-7-3-2-4-8-13/h2-12H,1H3,(H,19,22). The van der Waals surface area contributed by atoms with Crippen LogP contribution in [0.15, 0.2) is 66.9 Å². The molecule has 0 spiro atoms. The Labute approximate surface area is 138 Å². The number of nitrogens with one attached hydrogen (secondary N) is 1. The second-order valence-electron chi connectivity index (χ2n) is 4.97. The molecule has 0 atom stereocenters. The number of para-hydroxylation sites is 2. The van der Waals surface area contributed by atoms with E-state index in [1.54, 1.807) is 42.5 Å². The van der Waals surface area contributed by atoms with Gasteiger partial charge in [0.2, 0.25) is 0 Å². The van der Waals surface area contributed by atoms with Crippen molar-refractivity contribution in [2.24, 2.45) is 0 Å². The van der Waals surface area contributed by atoms with Gasteiger partial charge in [-0.25, -0.2) is 4.68 Å². The molecule has 1 aromatic heterocycles. The number of amides is 1. The van der Waals surface area contributed by atoms with Gasteiger partial charge in [0.15, 0.2) is 5.69 Å². The van der Waals surface area contributed by atoms with Crippen LogP contribution in [0.2, 0.25) is 0 Å². The zero-order valence-electron chi connectivity index (χ0n) is 13.0. The molecule has 0 unspecified atom stereocenters. The molecule has 6 nitrogen and oxygen atoms in total. The molecule has 2 aromatic carbocycles. The molecule has 120 valence electrons. The Bertz CT molecular complexity index is 872. The van der Waals surface area contributed by atoms with E-state index >= 15 is 0 Å². The van der Waals surface area contributed by atoms with Crippen molar-refractivity contribution in [1.29, 1.82) is 0 Å². The first kappa shape index (κ1) is 15.5. The lowest BCUT2D eigenvalue weighted by Gasteiger charge is -2.08. The highest BCUT2D eigenvalue weighted by atomic mass is 16.5. The smallest absolute Gasteiger partial charge is 0.278 e. The monoisotopic (exact) mass is 321 g/mol. The van der Waals surface area contributed by atoms with Gasteiger partial charge in [-0.15, -0.1) is 0 Å². The van der Waals surface area contributed by atoms with Crippen LogP contribution in [0.4, 0.5) is 5.69 Å². The van der Waals surface area contributed by atoms with Crippen LogP contribution in [0.5, 0.6) is 5.75 Å². The van der Waals surface area contributed by atoms with Crippen LogP contribution in [0.3, 0.4) is 0 Å². The number of nitrogens with zero attached hydrogens (tertiary/aromatic N) is 2. The highest BCUT2D eigenvalue weighted by Crippen LogP contribution is 2.23. The second-order valence-corrected chi connectivity index (χ2v) is 4.97. The third-order valence-corrected chi connectivity index (χ3v) is 3.41. The summed E-state index contributed by atoms with van der Waals surface area (Å²) in [5, 5.41) is 6.77. The zero-order chi connectivity index (χ0) is 16.9. The van der Waals surface area contributed by atoms with E-state index < -0.39 is 5.91 Å². The summed E-state index contributed by atoms with van der Waals surface area (Å²) in [5.74, 6) is -0.170. The molecule has 0 radical (unpaired) electrons. The van der Waals surface area contributed by atoms with E-state index in [4.69, 9.17) is 4.74 Å². The lowest BCUT2D eigenvalue weighted by atomic mass is 10.2. The molecule has 24 heavy (non-hydrogen) atoms. The molecule has 0 saturated carbocycles. The molecule has 0 bridgehead atoms. The third-order valence-electron chi connectivity index (χ3n) is 3.41. The number of hydrogen-bond acceptors (Lipinski definition) is 4. The second kappa shape index (κ2) is 6.78. The van der Waals surface area contributed by atoms with E-state index in [0.717, 1.165) is 4.68 Å². The van der Waals surface area contributed by atoms with Crippen LogP contribution in [0.25, 0.3) is 0 Å². The van der Waals surface area contributed by atoms with Crippen molar-refractivity contribution in [2.45, 2.75) is 0 Å². The van der Waals surface area contributed by atoms with Crippen molar-refractivity contribution in [1.82, 2.24) is 9.78 Å². The number of anilines is 1. The number of carbonyl (C=O) groups excluding carboxylic acids is 2. The number of rotatable bonds is 4. The number of ether oxygens (including phenoxy) is 1. The van der Waals surface area contributed by atoms with Crippen LogP contribution >= 0.6 is 0 Å². The van der Waals surface area contributed by atoms with Crippen molar-refractivity contribution >= 4 is 17.5 Å². The predicted octanol–water partition coefficient (Wildman–Crippen LogP) is 2.83. The van der Waals surface area contributed by atoms with Gasteiger partial charge in [-0.05, 0) is 30.3 Å². The maximum atomic E-state index is 12.3. The molecule has 0 aliphatic rings. The van der Waals surface area contributed by atoms with Gasteiger partial charge in [0.25, 0.3) is 11.8 Å². The summed E-state index contributed by atoms with van der Waals surface area (Å²) < 4.78 is 6.33. The Morgan fingerprint density at radius 3 is 2.46 bits per heavy atom. The minimum Gasteiger partial charge on any atom is -0.495 e. The largest absolute Gasteiger partial charge is 0.495 e. The van der Waals surface area contributed by atoms with Gasteiger partial charge in [-0.3, -0.25) is 9.59 Å². The molecular weight excluding hydrogens is 306 g/mol. The van der Waals surface area contributed by atoms with Gasteiger partial charge in [-0.2, -0.15) is 5.10 Å². The summed E-state index contributed by atoms with van der Waals surface area (Å²) in [6.45, 7) is 0. The Balaban J connectivity index is 1.78. The van der Waals surface area contributed by atoms with Gasteiger partial charge in [0.05, 0.1) is 12.8 Å². The maximum absolute atomic E-state index is 12.3. The lowest BCUT2D eigenvalue weighted by Crippen LogP contribution is -2.16. The average Bonchev–Trinajstić information content (AvgIpc) is 3.12. The minimum absolute atomic E-state index is 0.144. The van der Waals surface area contributed by atoms with E-state index in [1.807, 2.05) is 12.1 Å². The highest BCUT2D eigenvalue weighted by molar-refractivity contribution is 6.04. The van der Waals surface area contributed by atoms with Crippen molar-refractivity contribution in [3.8, 4) is 5.75 Å². The molecule has 1 N–H and O–H groups in total. The Morgan fingerprint density at radius 1 is 1.00 bits per heavy atom. The molecule has 3 rings (SSSR count). The molecular formula is C18H15N3O3. The topological polar surface area (TPSA) is 73.2 Å². The van der Waals surface area contributed by atoms with E-state index in [2.05, 4.69) is 10.4 Å². The maximum Gasteiger partial charge on any atom is 0.278 e. The van der Waals surface area contributed by atoms with Gasteiger partial charge in [-0.1, -0.05) is 30.3 Å². The summed E-state index contributed by atoms with van der Waals surface area (Å²) in [6.07, 6.45) is 1.46. The normalized spacial score (nSPS) is 10.2. The summed E-state index contributed by atoms with van der Waals surface area (Å²) in [4.78, 5) is 24.6. The first-order chi connectivity index (χ1) is 11.7. The SMILES string of the molecule is COc1ccccc1NC(=O)c1ccn(C(=O)c2ccccc2)n1.